The fourth-order valence-corrected chi connectivity index (χ4v) is 3.71. The summed E-state index contributed by atoms with van der Waals surface area (Å²) in [5, 5.41) is 2.74. The van der Waals surface area contributed by atoms with Gasteiger partial charge in [0.05, 0.1) is 12.0 Å². The van der Waals surface area contributed by atoms with E-state index in [1.165, 1.54) is 19.2 Å². The first-order chi connectivity index (χ1) is 13.0. The van der Waals surface area contributed by atoms with Crippen LogP contribution >= 0.6 is 0 Å². The summed E-state index contributed by atoms with van der Waals surface area (Å²) in [5.74, 6) is 0.766. The van der Waals surface area contributed by atoms with Crippen LogP contribution in [-0.4, -0.2) is 34.1 Å². The van der Waals surface area contributed by atoms with Crippen molar-refractivity contribution in [3.05, 3.63) is 54.1 Å². The number of carbonyl (C=O) groups excluding carboxylic acids is 1. The van der Waals surface area contributed by atoms with Crippen LogP contribution in [0.5, 0.6) is 11.5 Å². The molecule has 0 aliphatic heterocycles. The molecule has 1 aliphatic carbocycles. The summed E-state index contributed by atoms with van der Waals surface area (Å²) < 4.78 is 37.5. The van der Waals surface area contributed by atoms with Gasteiger partial charge in [0, 0.05) is 12.6 Å². The zero-order chi connectivity index (χ0) is 19.3. The van der Waals surface area contributed by atoms with Crippen molar-refractivity contribution in [3.8, 4) is 11.5 Å². The first-order valence-corrected chi connectivity index (χ1v) is 10.1. The van der Waals surface area contributed by atoms with E-state index in [0.29, 0.717) is 11.5 Å². The summed E-state index contributed by atoms with van der Waals surface area (Å²) in [6, 6.07) is 13.6. The van der Waals surface area contributed by atoms with Gasteiger partial charge in [0.15, 0.2) is 18.1 Å². The standard InChI is InChI=1S/C19H22N2O5S/c1-25-17-4-2-3-5-18(17)26-13-19(22)20-12-14-6-10-16(11-7-14)27(23,24)21-15-8-9-15/h2-7,10-11,15,21H,8-9,12-13H2,1H3,(H,20,22). The van der Waals surface area contributed by atoms with Gasteiger partial charge in [-0.15, -0.1) is 0 Å². The molecule has 2 aromatic carbocycles. The number of sulfonamides is 1. The average molecular weight is 390 g/mol. The number of para-hydroxylation sites is 2. The van der Waals surface area contributed by atoms with Crippen LogP contribution in [0.15, 0.2) is 53.4 Å². The second-order valence-corrected chi connectivity index (χ2v) is 7.97. The molecule has 0 unspecified atom stereocenters. The number of hydrogen-bond donors (Lipinski definition) is 2. The number of nitrogens with one attached hydrogen (secondary N) is 2. The van der Waals surface area contributed by atoms with Gasteiger partial charge in [-0.3, -0.25) is 4.79 Å². The molecular weight excluding hydrogens is 368 g/mol. The van der Waals surface area contributed by atoms with Crippen molar-refractivity contribution in [2.24, 2.45) is 0 Å². The Morgan fingerprint density at radius 2 is 1.74 bits per heavy atom. The monoisotopic (exact) mass is 390 g/mol. The zero-order valence-corrected chi connectivity index (χ0v) is 15.8. The van der Waals surface area contributed by atoms with Crippen molar-refractivity contribution < 1.29 is 22.7 Å². The van der Waals surface area contributed by atoms with Crippen LogP contribution in [0.25, 0.3) is 0 Å². The quantitative estimate of drug-likeness (QED) is 0.681. The highest BCUT2D eigenvalue weighted by Crippen LogP contribution is 2.25. The van der Waals surface area contributed by atoms with Crippen LogP contribution < -0.4 is 19.5 Å². The molecule has 0 saturated heterocycles. The summed E-state index contributed by atoms with van der Waals surface area (Å²) in [7, 11) is -1.93. The van der Waals surface area contributed by atoms with Gasteiger partial charge >= 0.3 is 0 Å². The van der Waals surface area contributed by atoms with Gasteiger partial charge in [0.2, 0.25) is 10.0 Å². The van der Waals surface area contributed by atoms with E-state index < -0.39 is 10.0 Å². The van der Waals surface area contributed by atoms with E-state index in [-0.39, 0.29) is 30.0 Å². The lowest BCUT2D eigenvalue weighted by Gasteiger charge is -2.11. The third kappa shape index (κ3) is 5.45. The van der Waals surface area contributed by atoms with Crippen molar-refractivity contribution in [1.82, 2.24) is 10.0 Å². The number of ether oxygens (including phenoxy) is 2. The molecule has 1 fully saturated rings. The predicted octanol–water partition coefficient (Wildman–Crippen LogP) is 1.83. The molecule has 1 amide bonds. The number of methoxy groups -OCH3 is 1. The Morgan fingerprint density at radius 3 is 2.37 bits per heavy atom. The van der Waals surface area contributed by atoms with Gasteiger partial charge in [-0.05, 0) is 42.7 Å². The summed E-state index contributed by atoms with van der Waals surface area (Å²) in [6.07, 6.45) is 1.78. The van der Waals surface area contributed by atoms with Crippen molar-refractivity contribution in [2.45, 2.75) is 30.3 Å². The molecule has 0 atom stereocenters. The van der Waals surface area contributed by atoms with Crippen LogP contribution in [0.4, 0.5) is 0 Å². The molecule has 0 aromatic heterocycles. The molecule has 2 aromatic rings. The highest BCUT2D eigenvalue weighted by atomic mass is 32.2. The molecule has 1 aliphatic rings. The largest absolute Gasteiger partial charge is 0.493 e. The zero-order valence-electron chi connectivity index (χ0n) is 15.0. The number of amides is 1. The maximum atomic E-state index is 12.1. The van der Waals surface area contributed by atoms with Gasteiger partial charge in [0.25, 0.3) is 5.91 Å². The minimum Gasteiger partial charge on any atom is -0.493 e. The van der Waals surface area contributed by atoms with Crippen LogP contribution in [-0.2, 0) is 21.4 Å². The molecular formula is C19H22N2O5S. The fraction of sp³-hybridized carbons (Fsp3) is 0.316. The third-order valence-electron chi connectivity index (χ3n) is 4.05. The second kappa shape index (κ2) is 8.41. The maximum absolute atomic E-state index is 12.1. The van der Waals surface area contributed by atoms with Gasteiger partial charge in [-0.1, -0.05) is 24.3 Å². The topological polar surface area (TPSA) is 93.7 Å². The lowest BCUT2D eigenvalue weighted by Crippen LogP contribution is -2.28. The SMILES string of the molecule is COc1ccccc1OCC(=O)NCc1ccc(S(=O)(=O)NC2CC2)cc1. The average Bonchev–Trinajstić information content (AvgIpc) is 3.48. The normalized spacial score (nSPS) is 13.8. The molecule has 27 heavy (non-hydrogen) atoms. The second-order valence-electron chi connectivity index (χ2n) is 6.26. The first-order valence-electron chi connectivity index (χ1n) is 8.62. The number of hydrogen-bond acceptors (Lipinski definition) is 5. The van der Waals surface area contributed by atoms with E-state index in [1.54, 1.807) is 30.3 Å². The lowest BCUT2D eigenvalue weighted by atomic mass is 10.2. The highest BCUT2D eigenvalue weighted by molar-refractivity contribution is 7.89. The molecule has 2 N–H and O–H groups in total. The van der Waals surface area contributed by atoms with Crippen molar-refractivity contribution in [3.63, 3.8) is 0 Å². The minimum absolute atomic E-state index is 0.0669. The van der Waals surface area contributed by atoms with Crippen molar-refractivity contribution >= 4 is 15.9 Å². The minimum atomic E-state index is -3.46. The first kappa shape index (κ1) is 19.2. The number of benzene rings is 2. The van der Waals surface area contributed by atoms with E-state index >= 15 is 0 Å². The summed E-state index contributed by atoms with van der Waals surface area (Å²) in [5.41, 5.74) is 0.797. The molecule has 144 valence electrons. The molecule has 0 heterocycles. The summed E-state index contributed by atoms with van der Waals surface area (Å²) in [4.78, 5) is 12.2. The van der Waals surface area contributed by atoms with Gasteiger partial charge in [-0.2, -0.15) is 0 Å². The van der Waals surface area contributed by atoms with E-state index in [0.717, 1.165) is 18.4 Å². The fourth-order valence-electron chi connectivity index (χ4n) is 2.41. The Bertz CT molecular complexity index is 893. The van der Waals surface area contributed by atoms with Gasteiger partial charge in [0.1, 0.15) is 0 Å². The highest BCUT2D eigenvalue weighted by Gasteiger charge is 2.27. The van der Waals surface area contributed by atoms with Crippen molar-refractivity contribution in [1.29, 1.82) is 0 Å². The molecule has 8 heteroatoms. The Labute approximate surface area is 158 Å². The molecule has 0 radical (unpaired) electrons. The van der Waals surface area contributed by atoms with E-state index in [9.17, 15) is 13.2 Å². The van der Waals surface area contributed by atoms with Crippen LogP contribution in [0.3, 0.4) is 0 Å². The molecule has 1 saturated carbocycles. The van der Waals surface area contributed by atoms with E-state index in [1.807, 2.05) is 6.07 Å². The molecule has 3 rings (SSSR count). The molecule has 0 bridgehead atoms. The molecule has 7 nitrogen and oxygen atoms in total. The van der Waals surface area contributed by atoms with Crippen LogP contribution in [0.2, 0.25) is 0 Å². The lowest BCUT2D eigenvalue weighted by molar-refractivity contribution is -0.123. The van der Waals surface area contributed by atoms with Gasteiger partial charge < -0.3 is 14.8 Å². The van der Waals surface area contributed by atoms with E-state index in [4.69, 9.17) is 9.47 Å². The van der Waals surface area contributed by atoms with Crippen LogP contribution in [0.1, 0.15) is 18.4 Å². The summed E-state index contributed by atoms with van der Waals surface area (Å²) >= 11 is 0. The Balaban J connectivity index is 1.48. The van der Waals surface area contributed by atoms with Crippen molar-refractivity contribution in [2.75, 3.05) is 13.7 Å². The van der Waals surface area contributed by atoms with E-state index in [2.05, 4.69) is 10.0 Å². The predicted molar refractivity (Wildman–Crippen MR) is 100 cm³/mol. The number of rotatable bonds is 9. The summed E-state index contributed by atoms with van der Waals surface area (Å²) in [6.45, 7) is 0.142. The Kier molecular flexibility index (Phi) is 5.98. The Morgan fingerprint density at radius 1 is 1.07 bits per heavy atom. The Hall–Kier alpha value is -2.58. The smallest absolute Gasteiger partial charge is 0.258 e. The van der Waals surface area contributed by atoms with Crippen LogP contribution in [0, 0.1) is 0 Å². The molecule has 0 spiro atoms. The maximum Gasteiger partial charge on any atom is 0.258 e. The third-order valence-corrected chi connectivity index (χ3v) is 5.59. The van der Waals surface area contributed by atoms with Gasteiger partial charge in [-0.25, -0.2) is 13.1 Å². The number of carbonyl (C=O) groups is 1.